The van der Waals surface area contributed by atoms with Crippen molar-refractivity contribution in [1.82, 2.24) is 4.57 Å². The molecule has 0 aliphatic rings. The van der Waals surface area contributed by atoms with Crippen molar-refractivity contribution in [3.63, 3.8) is 0 Å². The smallest absolute Gasteiger partial charge is 0.271 e. The van der Waals surface area contributed by atoms with Crippen molar-refractivity contribution in [2.45, 2.75) is 26.4 Å². The van der Waals surface area contributed by atoms with Gasteiger partial charge in [-0.1, -0.05) is 13.0 Å². The van der Waals surface area contributed by atoms with Gasteiger partial charge in [-0.15, -0.1) is 0 Å². The number of hydrogen-bond acceptors (Lipinski definition) is 3. The van der Waals surface area contributed by atoms with Gasteiger partial charge < -0.3 is 9.88 Å². The third kappa shape index (κ3) is 3.58. The van der Waals surface area contributed by atoms with E-state index in [2.05, 4.69) is 29.1 Å². The minimum atomic E-state index is -0.386. The van der Waals surface area contributed by atoms with Gasteiger partial charge in [-0.25, -0.2) is 0 Å². The molecule has 0 fully saturated rings. The quantitative estimate of drug-likeness (QED) is 0.638. The standard InChI is InChI=1S/C14H17N3O2/c1-2-7-16-8-6-12(11-16)10-15-13-4-3-5-14(9-13)17(18)19/h3-6,8-9,11,15H,2,7,10H2,1H3. The van der Waals surface area contributed by atoms with E-state index in [0.29, 0.717) is 6.54 Å². The van der Waals surface area contributed by atoms with Crippen LogP contribution in [0.1, 0.15) is 18.9 Å². The maximum atomic E-state index is 10.7. The highest BCUT2D eigenvalue weighted by Crippen LogP contribution is 2.17. The van der Waals surface area contributed by atoms with E-state index in [1.807, 2.05) is 12.3 Å². The number of aryl methyl sites for hydroxylation is 1. The Balaban J connectivity index is 1.97. The molecule has 0 atom stereocenters. The Kier molecular flexibility index (Phi) is 4.18. The maximum Gasteiger partial charge on any atom is 0.271 e. The molecule has 1 aromatic carbocycles. The molecule has 19 heavy (non-hydrogen) atoms. The largest absolute Gasteiger partial charge is 0.381 e. The van der Waals surface area contributed by atoms with Crippen LogP contribution >= 0.6 is 0 Å². The Bertz CT molecular complexity index is 563. The number of benzene rings is 1. The van der Waals surface area contributed by atoms with Crippen molar-refractivity contribution in [3.05, 3.63) is 58.4 Å². The van der Waals surface area contributed by atoms with Gasteiger partial charge in [0.05, 0.1) is 4.92 Å². The average Bonchev–Trinajstić information content (AvgIpc) is 2.85. The number of nitro benzene ring substituents is 1. The molecule has 0 radical (unpaired) electrons. The first kappa shape index (κ1) is 13.1. The lowest BCUT2D eigenvalue weighted by molar-refractivity contribution is -0.384. The summed E-state index contributed by atoms with van der Waals surface area (Å²) in [4.78, 5) is 10.3. The molecule has 0 aliphatic carbocycles. The molecule has 5 nitrogen and oxygen atoms in total. The molecule has 1 N–H and O–H groups in total. The number of aromatic nitrogens is 1. The second-order valence-electron chi connectivity index (χ2n) is 4.42. The Morgan fingerprint density at radius 3 is 2.95 bits per heavy atom. The lowest BCUT2D eigenvalue weighted by atomic mass is 10.2. The highest BCUT2D eigenvalue weighted by Gasteiger charge is 2.05. The molecule has 1 heterocycles. The van der Waals surface area contributed by atoms with Gasteiger partial charge in [0, 0.05) is 43.3 Å². The lowest BCUT2D eigenvalue weighted by Gasteiger charge is -2.04. The number of nitro groups is 1. The van der Waals surface area contributed by atoms with E-state index in [1.54, 1.807) is 12.1 Å². The van der Waals surface area contributed by atoms with Gasteiger partial charge in [0.2, 0.25) is 0 Å². The van der Waals surface area contributed by atoms with Gasteiger partial charge >= 0.3 is 0 Å². The molecule has 0 saturated carbocycles. The predicted octanol–water partition coefficient (Wildman–Crippen LogP) is 3.42. The summed E-state index contributed by atoms with van der Waals surface area (Å²) in [6.07, 6.45) is 5.24. The second kappa shape index (κ2) is 6.04. The van der Waals surface area contributed by atoms with E-state index in [-0.39, 0.29) is 10.6 Å². The van der Waals surface area contributed by atoms with Crippen LogP contribution in [0.2, 0.25) is 0 Å². The van der Waals surface area contributed by atoms with Crippen molar-refractivity contribution in [1.29, 1.82) is 0 Å². The van der Waals surface area contributed by atoms with Gasteiger partial charge in [-0.05, 0) is 24.1 Å². The van der Waals surface area contributed by atoms with Gasteiger partial charge in [-0.2, -0.15) is 0 Å². The molecular weight excluding hydrogens is 242 g/mol. The van der Waals surface area contributed by atoms with Crippen LogP contribution in [-0.2, 0) is 13.1 Å². The molecule has 100 valence electrons. The van der Waals surface area contributed by atoms with Crippen LogP contribution in [0.15, 0.2) is 42.7 Å². The highest BCUT2D eigenvalue weighted by molar-refractivity contribution is 5.51. The number of non-ortho nitro benzene ring substituents is 1. The van der Waals surface area contributed by atoms with Crippen molar-refractivity contribution < 1.29 is 4.92 Å². The topological polar surface area (TPSA) is 60.1 Å². The van der Waals surface area contributed by atoms with Crippen LogP contribution < -0.4 is 5.32 Å². The van der Waals surface area contributed by atoms with Crippen LogP contribution in [0.4, 0.5) is 11.4 Å². The van der Waals surface area contributed by atoms with Crippen LogP contribution in [0.25, 0.3) is 0 Å². The van der Waals surface area contributed by atoms with Crippen LogP contribution in [0.5, 0.6) is 0 Å². The zero-order chi connectivity index (χ0) is 13.7. The summed E-state index contributed by atoms with van der Waals surface area (Å²) in [6, 6.07) is 8.60. The minimum Gasteiger partial charge on any atom is -0.381 e. The van der Waals surface area contributed by atoms with E-state index >= 15 is 0 Å². The second-order valence-corrected chi connectivity index (χ2v) is 4.42. The molecule has 0 spiro atoms. The van der Waals surface area contributed by atoms with Gasteiger partial charge in [0.15, 0.2) is 0 Å². The van der Waals surface area contributed by atoms with Crippen LogP contribution in [0, 0.1) is 10.1 Å². The molecule has 2 rings (SSSR count). The number of hydrogen-bond donors (Lipinski definition) is 1. The van der Waals surface area contributed by atoms with Gasteiger partial charge in [0.1, 0.15) is 0 Å². The third-order valence-corrected chi connectivity index (χ3v) is 2.85. The predicted molar refractivity (Wildman–Crippen MR) is 75.1 cm³/mol. The summed E-state index contributed by atoms with van der Waals surface area (Å²) in [5, 5.41) is 13.9. The Labute approximate surface area is 112 Å². The number of nitrogens with zero attached hydrogens (tertiary/aromatic N) is 2. The Hall–Kier alpha value is -2.30. The zero-order valence-electron chi connectivity index (χ0n) is 10.9. The van der Waals surface area contributed by atoms with Crippen LogP contribution in [-0.4, -0.2) is 9.49 Å². The summed E-state index contributed by atoms with van der Waals surface area (Å²) < 4.78 is 2.14. The fourth-order valence-electron chi connectivity index (χ4n) is 1.93. The lowest BCUT2D eigenvalue weighted by Crippen LogP contribution is -1.99. The van der Waals surface area contributed by atoms with Crippen molar-refractivity contribution in [3.8, 4) is 0 Å². The zero-order valence-corrected chi connectivity index (χ0v) is 10.9. The summed E-state index contributed by atoms with van der Waals surface area (Å²) in [5.41, 5.74) is 2.03. The fraction of sp³-hybridized carbons (Fsp3) is 0.286. The molecule has 5 heteroatoms. The molecule has 2 aromatic rings. The monoisotopic (exact) mass is 259 g/mol. The van der Waals surface area contributed by atoms with Crippen molar-refractivity contribution in [2.24, 2.45) is 0 Å². The fourth-order valence-corrected chi connectivity index (χ4v) is 1.93. The number of rotatable bonds is 6. The first-order chi connectivity index (χ1) is 9.19. The molecule has 0 unspecified atom stereocenters. The third-order valence-electron chi connectivity index (χ3n) is 2.85. The normalized spacial score (nSPS) is 10.4. The van der Waals surface area contributed by atoms with E-state index in [4.69, 9.17) is 0 Å². The Morgan fingerprint density at radius 1 is 1.37 bits per heavy atom. The van der Waals surface area contributed by atoms with Crippen molar-refractivity contribution >= 4 is 11.4 Å². The summed E-state index contributed by atoms with van der Waals surface area (Å²) >= 11 is 0. The SMILES string of the molecule is CCCn1ccc(CNc2cccc([N+](=O)[O-])c2)c1. The maximum absolute atomic E-state index is 10.7. The highest BCUT2D eigenvalue weighted by atomic mass is 16.6. The average molecular weight is 259 g/mol. The Morgan fingerprint density at radius 2 is 2.21 bits per heavy atom. The van der Waals surface area contributed by atoms with Gasteiger partial charge in [-0.3, -0.25) is 10.1 Å². The molecule has 0 aliphatic heterocycles. The molecule has 1 aromatic heterocycles. The number of nitrogens with one attached hydrogen (secondary N) is 1. The molecular formula is C14H17N3O2. The summed E-state index contributed by atoms with van der Waals surface area (Å²) in [5.74, 6) is 0. The summed E-state index contributed by atoms with van der Waals surface area (Å²) in [7, 11) is 0. The minimum absolute atomic E-state index is 0.105. The molecule has 0 saturated heterocycles. The molecule has 0 bridgehead atoms. The van der Waals surface area contributed by atoms with Crippen LogP contribution in [0.3, 0.4) is 0 Å². The first-order valence-corrected chi connectivity index (χ1v) is 6.32. The molecule has 0 amide bonds. The van der Waals surface area contributed by atoms with E-state index in [1.165, 1.54) is 11.6 Å². The van der Waals surface area contributed by atoms with Crippen molar-refractivity contribution in [2.75, 3.05) is 5.32 Å². The van der Waals surface area contributed by atoms with E-state index in [0.717, 1.165) is 18.7 Å². The van der Waals surface area contributed by atoms with E-state index in [9.17, 15) is 10.1 Å². The van der Waals surface area contributed by atoms with E-state index < -0.39 is 0 Å². The number of anilines is 1. The summed E-state index contributed by atoms with van der Waals surface area (Å²) in [6.45, 7) is 3.82. The first-order valence-electron chi connectivity index (χ1n) is 6.32. The van der Waals surface area contributed by atoms with Gasteiger partial charge in [0.25, 0.3) is 5.69 Å².